The summed E-state index contributed by atoms with van der Waals surface area (Å²) in [6.07, 6.45) is -5.11. The van der Waals surface area contributed by atoms with Gasteiger partial charge in [-0.2, -0.15) is 0 Å². The van der Waals surface area contributed by atoms with E-state index < -0.39 is 42.3 Å². The summed E-state index contributed by atoms with van der Waals surface area (Å²) < 4.78 is 10.7. The quantitative estimate of drug-likeness (QED) is 0.463. The molecule has 1 amide bonds. The lowest BCUT2D eigenvalue weighted by Crippen LogP contribution is -2.59. The molecule has 1 heterocycles. The summed E-state index contributed by atoms with van der Waals surface area (Å²) in [5.74, 6) is -0.993. The number of carbonyl (C=O) groups is 1. The van der Waals surface area contributed by atoms with E-state index >= 15 is 0 Å². The fourth-order valence-electron chi connectivity index (χ4n) is 2.06. The Bertz CT molecular complexity index is 300. The van der Waals surface area contributed by atoms with Crippen LogP contribution in [0.2, 0.25) is 0 Å². The molecule has 7 heteroatoms. The molecule has 0 bridgehead atoms. The molecule has 0 radical (unpaired) electrons. The first kappa shape index (κ1) is 16.3. The van der Waals surface area contributed by atoms with E-state index in [0.29, 0.717) is 6.61 Å². The normalized spacial score (nSPS) is 37.0. The maximum Gasteiger partial charge on any atom is 0.220 e. The Kier molecular flexibility index (Phi) is 6.15. The van der Waals surface area contributed by atoms with E-state index in [1.807, 2.05) is 0 Å². The molecule has 1 aliphatic rings. The number of primary amides is 1. The Hall–Kier alpha value is -0.730. The summed E-state index contributed by atoms with van der Waals surface area (Å²) in [6.45, 7) is 3.98. The van der Waals surface area contributed by atoms with E-state index in [2.05, 4.69) is 0 Å². The highest BCUT2D eigenvalue weighted by molar-refractivity contribution is 5.76. The van der Waals surface area contributed by atoms with Crippen molar-refractivity contribution in [1.29, 1.82) is 0 Å². The molecule has 0 aromatic heterocycles. The van der Waals surface area contributed by atoms with Crippen LogP contribution >= 0.6 is 0 Å². The summed E-state index contributed by atoms with van der Waals surface area (Å²) in [5.41, 5.74) is 5.16. The summed E-state index contributed by atoms with van der Waals surface area (Å²) in [4.78, 5) is 11.0. The lowest BCUT2D eigenvalue weighted by Gasteiger charge is -2.41. The van der Waals surface area contributed by atoms with Gasteiger partial charge in [0.2, 0.25) is 5.91 Å². The fourth-order valence-corrected chi connectivity index (χ4v) is 2.06. The van der Waals surface area contributed by atoms with Crippen LogP contribution in [0.25, 0.3) is 0 Å². The molecule has 0 aliphatic carbocycles. The van der Waals surface area contributed by atoms with E-state index in [1.165, 1.54) is 0 Å². The van der Waals surface area contributed by atoms with Gasteiger partial charge < -0.3 is 30.5 Å². The maximum atomic E-state index is 11.0. The Morgan fingerprint density at radius 2 is 1.84 bits per heavy atom. The van der Waals surface area contributed by atoms with E-state index in [9.17, 15) is 20.1 Å². The largest absolute Gasteiger partial charge is 0.388 e. The van der Waals surface area contributed by atoms with Crippen LogP contribution in [0.5, 0.6) is 0 Å². The van der Waals surface area contributed by atoms with Crippen molar-refractivity contribution in [3.63, 3.8) is 0 Å². The second kappa shape index (κ2) is 7.16. The van der Waals surface area contributed by atoms with Crippen LogP contribution < -0.4 is 5.73 Å². The minimum atomic E-state index is -1.33. The van der Waals surface area contributed by atoms with Crippen LogP contribution in [0.1, 0.15) is 20.3 Å². The van der Waals surface area contributed by atoms with Crippen LogP contribution in [-0.4, -0.2) is 65.0 Å². The summed E-state index contributed by atoms with van der Waals surface area (Å²) in [5, 5.41) is 29.4. The number of carbonyl (C=O) groups excluding carboxylic acids is 1. The predicted molar refractivity (Wildman–Crippen MR) is 66.1 cm³/mol. The molecule has 1 rings (SSSR count). The van der Waals surface area contributed by atoms with Crippen molar-refractivity contribution in [2.24, 2.45) is 11.7 Å². The average molecular weight is 277 g/mol. The zero-order chi connectivity index (χ0) is 14.6. The van der Waals surface area contributed by atoms with E-state index in [-0.39, 0.29) is 13.0 Å². The smallest absolute Gasteiger partial charge is 0.220 e. The van der Waals surface area contributed by atoms with Gasteiger partial charge in [-0.15, -0.1) is 0 Å². The summed E-state index contributed by atoms with van der Waals surface area (Å²) in [7, 11) is 0. The zero-order valence-corrected chi connectivity index (χ0v) is 11.2. The Morgan fingerprint density at radius 1 is 1.26 bits per heavy atom. The third-order valence-electron chi connectivity index (χ3n) is 3.37. The number of ether oxygens (including phenoxy) is 2. The number of nitrogens with two attached hydrogens (primary N) is 1. The second-order valence-electron chi connectivity index (χ2n) is 4.88. The molecule has 7 nitrogen and oxygen atoms in total. The van der Waals surface area contributed by atoms with Gasteiger partial charge in [0, 0.05) is 12.5 Å². The Balaban J connectivity index is 2.67. The number of amides is 1. The molecular weight excluding hydrogens is 254 g/mol. The summed E-state index contributed by atoms with van der Waals surface area (Å²) in [6, 6.07) is 0. The SMILES string of the molecule is CCOCC1OC(CC(C)C(N)=O)C(O)C(O)C1O. The maximum absolute atomic E-state index is 11.0. The van der Waals surface area contributed by atoms with Crippen molar-refractivity contribution in [2.75, 3.05) is 13.2 Å². The molecule has 1 fully saturated rings. The van der Waals surface area contributed by atoms with Crippen molar-refractivity contribution in [2.45, 2.75) is 50.8 Å². The molecular formula is C12H23NO6. The first-order valence-electron chi connectivity index (χ1n) is 6.45. The van der Waals surface area contributed by atoms with Gasteiger partial charge in [-0.05, 0) is 13.3 Å². The fraction of sp³-hybridized carbons (Fsp3) is 0.917. The van der Waals surface area contributed by atoms with Crippen LogP contribution in [0.4, 0.5) is 0 Å². The van der Waals surface area contributed by atoms with Crippen molar-refractivity contribution >= 4 is 5.91 Å². The monoisotopic (exact) mass is 277 g/mol. The average Bonchev–Trinajstić information content (AvgIpc) is 2.37. The topological polar surface area (TPSA) is 122 Å². The number of rotatable bonds is 6. The van der Waals surface area contributed by atoms with Crippen LogP contribution in [0, 0.1) is 5.92 Å². The molecule has 6 atom stereocenters. The van der Waals surface area contributed by atoms with E-state index in [0.717, 1.165) is 0 Å². The van der Waals surface area contributed by atoms with E-state index in [4.69, 9.17) is 15.2 Å². The lowest BCUT2D eigenvalue weighted by atomic mass is 9.90. The van der Waals surface area contributed by atoms with Gasteiger partial charge in [0.25, 0.3) is 0 Å². The van der Waals surface area contributed by atoms with Crippen molar-refractivity contribution in [3.8, 4) is 0 Å². The molecule has 112 valence electrons. The minimum Gasteiger partial charge on any atom is -0.388 e. The van der Waals surface area contributed by atoms with Crippen LogP contribution in [-0.2, 0) is 14.3 Å². The van der Waals surface area contributed by atoms with Gasteiger partial charge in [0.1, 0.15) is 24.4 Å². The first-order chi connectivity index (χ1) is 8.88. The van der Waals surface area contributed by atoms with Gasteiger partial charge >= 0.3 is 0 Å². The molecule has 1 saturated heterocycles. The Labute approximate surface area is 112 Å². The van der Waals surface area contributed by atoms with Crippen LogP contribution in [0.15, 0.2) is 0 Å². The highest BCUT2D eigenvalue weighted by atomic mass is 16.6. The van der Waals surface area contributed by atoms with E-state index in [1.54, 1.807) is 13.8 Å². The minimum absolute atomic E-state index is 0.114. The summed E-state index contributed by atoms with van der Waals surface area (Å²) >= 11 is 0. The molecule has 0 aromatic carbocycles. The molecule has 5 N–H and O–H groups in total. The molecule has 6 unspecified atom stereocenters. The predicted octanol–water partition coefficient (Wildman–Crippen LogP) is -1.62. The molecule has 1 aliphatic heterocycles. The Morgan fingerprint density at radius 3 is 2.37 bits per heavy atom. The number of aliphatic hydroxyl groups is 3. The third-order valence-corrected chi connectivity index (χ3v) is 3.37. The zero-order valence-electron chi connectivity index (χ0n) is 11.2. The second-order valence-corrected chi connectivity index (χ2v) is 4.88. The standard InChI is InChI=1S/C12H23NO6/c1-3-18-5-8-10(15)11(16)9(14)7(19-8)4-6(2)12(13)17/h6-11,14-16H,3-5H2,1-2H3,(H2,13,17). The number of aliphatic hydroxyl groups excluding tert-OH is 3. The van der Waals surface area contributed by atoms with Gasteiger partial charge in [-0.1, -0.05) is 6.92 Å². The van der Waals surface area contributed by atoms with Gasteiger partial charge in [-0.25, -0.2) is 0 Å². The lowest BCUT2D eigenvalue weighted by molar-refractivity contribution is -0.235. The highest BCUT2D eigenvalue weighted by Gasteiger charge is 2.44. The molecule has 19 heavy (non-hydrogen) atoms. The first-order valence-corrected chi connectivity index (χ1v) is 6.45. The third kappa shape index (κ3) is 4.12. The van der Waals surface area contributed by atoms with Crippen molar-refractivity contribution < 1.29 is 29.6 Å². The molecule has 0 aromatic rings. The van der Waals surface area contributed by atoms with Gasteiger partial charge in [0.05, 0.1) is 12.7 Å². The van der Waals surface area contributed by atoms with Gasteiger partial charge in [-0.3, -0.25) is 4.79 Å². The number of hydrogen-bond acceptors (Lipinski definition) is 6. The van der Waals surface area contributed by atoms with Crippen molar-refractivity contribution in [3.05, 3.63) is 0 Å². The molecule has 0 saturated carbocycles. The number of hydrogen-bond donors (Lipinski definition) is 4. The van der Waals surface area contributed by atoms with Gasteiger partial charge in [0.15, 0.2) is 0 Å². The molecule has 0 spiro atoms. The van der Waals surface area contributed by atoms with Crippen molar-refractivity contribution in [1.82, 2.24) is 0 Å². The highest BCUT2D eigenvalue weighted by Crippen LogP contribution is 2.25. The van der Waals surface area contributed by atoms with Crippen LogP contribution in [0.3, 0.4) is 0 Å².